The molecule has 0 fully saturated rings. The highest BCUT2D eigenvalue weighted by molar-refractivity contribution is 6.35. The number of hydrazone groups is 1. The van der Waals surface area contributed by atoms with Gasteiger partial charge in [-0.2, -0.15) is 5.10 Å². The molecular formula is C22H25N3O7. The normalized spacial score (nSPS) is 10.3. The molecule has 2 aromatic carbocycles. The van der Waals surface area contributed by atoms with Crippen LogP contribution >= 0.6 is 0 Å². The molecule has 2 aromatic rings. The van der Waals surface area contributed by atoms with Gasteiger partial charge in [0.15, 0.2) is 18.1 Å². The van der Waals surface area contributed by atoms with Crippen molar-refractivity contribution in [2.75, 3.05) is 34.5 Å². The van der Waals surface area contributed by atoms with E-state index in [9.17, 15) is 14.4 Å². The summed E-state index contributed by atoms with van der Waals surface area (Å²) in [6.45, 7) is 0.0690. The molecule has 0 heterocycles. The van der Waals surface area contributed by atoms with E-state index in [1.165, 1.54) is 13.3 Å². The van der Waals surface area contributed by atoms with Crippen LogP contribution in [0.3, 0.4) is 0 Å². The van der Waals surface area contributed by atoms with E-state index < -0.39 is 17.8 Å². The van der Waals surface area contributed by atoms with Gasteiger partial charge in [-0.25, -0.2) is 10.2 Å². The van der Waals surface area contributed by atoms with Crippen LogP contribution in [0, 0.1) is 0 Å². The maximum Gasteiger partial charge on any atom is 0.343 e. The number of hydrogen-bond acceptors (Lipinski definition) is 8. The molecule has 2 amide bonds. The molecule has 2 N–H and O–H groups in total. The first-order chi connectivity index (χ1) is 15.5. The Bertz CT molecular complexity index is 958. The first-order valence-corrected chi connectivity index (χ1v) is 9.58. The molecule has 32 heavy (non-hydrogen) atoms. The summed E-state index contributed by atoms with van der Waals surface area (Å²) in [5.41, 5.74) is 3.74. The van der Waals surface area contributed by atoms with Gasteiger partial charge in [-0.05, 0) is 53.9 Å². The molecule has 2 rings (SSSR count). The summed E-state index contributed by atoms with van der Waals surface area (Å²) in [4.78, 5) is 34.8. The molecular weight excluding hydrogens is 418 g/mol. The van der Waals surface area contributed by atoms with E-state index in [1.807, 2.05) is 6.07 Å². The first-order valence-electron chi connectivity index (χ1n) is 9.58. The number of methoxy groups -OCH3 is 3. The van der Waals surface area contributed by atoms with Crippen LogP contribution < -0.4 is 25.0 Å². The topological polar surface area (TPSA) is 125 Å². The van der Waals surface area contributed by atoms with Crippen LogP contribution in [0.15, 0.2) is 47.6 Å². The largest absolute Gasteiger partial charge is 0.493 e. The van der Waals surface area contributed by atoms with Crippen molar-refractivity contribution in [1.29, 1.82) is 0 Å². The third-order valence-electron chi connectivity index (χ3n) is 4.20. The zero-order valence-corrected chi connectivity index (χ0v) is 18.0. The number of hydrogen-bond donors (Lipinski definition) is 2. The van der Waals surface area contributed by atoms with Crippen LogP contribution in [0.4, 0.5) is 0 Å². The predicted molar refractivity (Wildman–Crippen MR) is 116 cm³/mol. The summed E-state index contributed by atoms with van der Waals surface area (Å²) in [7, 11) is 4.37. The third kappa shape index (κ3) is 7.63. The van der Waals surface area contributed by atoms with Crippen LogP contribution in [-0.2, 0) is 25.5 Å². The number of carbonyl (C=O) groups is 3. The fourth-order valence-corrected chi connectivity index (χ4v) is 2.50. The van der Waals surface area contributed by atoms with E-state index in [1.54, 1.807) is 50.6 Å². The van der Waals surface area contributed by atoms with Gasteiger partial charge >= 0.3 is 17.8 Å². The van der Waals surface area contributed by atoms with Crippen LogP contribution in [0.2, 0.25) is 0 Å². The van der Waals surface area contributed by atoms with Crippen molar-refractivity contribution in [3.8, 4) is 17.2 Å². The Kier molecular flexibility index (Phi) is 9.51. The summed E-state index contributed by atoms with van der Waals surface area (Å²) in [5.74, 6) is -0.487. The lowest BCUT2D eigenvalue weighted by Gasteiger charge is -2.10. The standard InChI is InChI=1S/C22H25N3O7/c1-29-18-9-6-15(12-19(18)30-2)10-11-23-21(27)22(28)25-24-13-16-4-7-17(8-5-16)32-14-20(26)31-3/h4-9,12-13H,10-11,14H2,1-3H3,(H,23,27)(H,25,28)/b24-13-. The molecule has 10 nitrogen and oxygen atoms in total. The lowest BCUT2D eigenvalue weighted by Crippen LogP contribution is -2.38. The molecule has 0 bridgehead atoms. The SMILES string of the molecule is COC(=O)COc1ccc(/C=N\NC(=O)C(=O)NCCc2ccc(OC)c(OC)c2)cc1. The van der Waals surface area contributed by atoms with Crippen molar-refractivity contribution in [2.24, 2.45) is 5.10 Å². The van der Waals surface area contributed by atoms with Crippen molar-refractivity contribution in [3.63, 3.8) is 0 Å². The Morgan fingerprint density at radius 2 is 1.66 bits per heavy atom. The van der Waals surface area contributed by atoms with Gasteiger partial charge in [-0.1, -0.05) is 6.07 Å². The van der Waals surface area contributed by atoms with Crippen molar-refractivity contribution < 1.29 is 33.3 Å². The second-order valence-corrected chi connectivity index (χ2v) is 6.33. The highest BCUT2D eigenvalue weighted by Gasteiger charge is 2.12. The molecule has 0 unspecified atom stereocenters. The van der Waals surface area contributed by atoms with Gasteiger partial charge < -0.3 is 24.3 Å². The Hall–Kier alpha value is -4.08. The first kappa shape index (κ1) is 24.2. The maximum absolute atomic E-state index is 11.9. The number of esters is 1. The molecule has 0 atom stereocenters. The number of rotatable bonds is 10. The number of benzene rings is 2. The zero-order chi connectivity index (χ0) is 23.3. The van der Waals surface area contributed by atoms with Crippen molar-refractivity contribution in [3.05, 3.63) is 53.6 Å². The van der Waals surface area contributed by atoms with E-state index in [4.69, 9.17) is 14.2 Å². The zero-order valence-electron chi connectivity index (χ0n) is 18.0. The number of carbonyl (C=O) groups excluding carboxylic acids is 3. The number of ether oxygens (including phenoxy) is 4. The molecule has 0 saturated heterocycles. The van der Waals surface area contributed by atoms with E-state index >= 15 is 0 Å². The Balaban J connectivity index is 1.75. The number of nitrogens with one attached hydrogen (secondary N) is 2. The fourth-order valence-electron chi connectivity index (χ4n) is 2.50. The smallest absolute Gasteiger partial charge is 0.343 e. The molecule has 0 aromatic heterocycles. The van der Waals surface area contributed by atoms with Crippen LogP contribution in [0.5, 0.6) is 17.2 Å². The van der Waals surface area contributed by atoms with Gasteiger partial charge in [0.05, 0.1) is 27.5 Å². The van der Waals surface area contributed by atoms with Gasteiger partial charge in [-0.15, -0.1) is 0 Å². The van der Waals surface area contributed by atoms with Crippen molar-refractivity contribution >= 4 is 24.0 Å². The van der Waals surface area contributed by atoms with Gasteiger partial charge in [-0.3, -0.25) is 9.59 Å². The minimum absolute atomic E-state index is 0.193. The second-order valence-electron chi connectivity index (χ2n) is 6.33. The average molecular weight is 443 g/mol. The van der Waals surface area contributed by atoms with Gasteiger partial charge in [0, 0.05) is 6.54 Å². The molecule has 0 radical (unpaired) electrons. The Labute approximate surface area is 185 Å². The highest BCUT2D eigenvalue weighted by atomic mass is 16.6. The summed E-state index contributed by atoms with van der Waals surface area (Å²) < 4.78 is 20.1. The maximum atomic E-state index is 11.9. The molecule has 170 valence electrons. The summed E-state index contributed by atoms with van der Waals surface area (Å²) in [5, 5.41) is 6.29. The highest BCUT2D eigenvalue weighted by Crippen LogP contribution is 2.27. The van der Waals surface area contributed by atoms with Crippen molar-refractivity contribution in [2.45, 2.75) is 6.42 Å². The lowest BCUT2D eigenvalue weighted by atomic mass is 10.1. The van der Waals surface area contributed by atoms with Gasteiger partial charge in [0.1, 0.15) is 5.75 Å². The number of nitrogens with zero attached hydrogens (tertiary/aromatic N) is 1. The average Bonchev–Trinajstić information content (AvgIpc) is 2.82. The molecule has 10 heteroatoms. The Morgan fingerprint density at radius 1 is 0.938 bits per heavy atom. The fraction of sp³-hybridized carbons (Fsp3) is 0.273. The minimum Gasteiger partial charge on any atom is -0.493 e. The minimum atomic E-state index is -0.883. The van der Waals surface area contributed by atoms with E-state index in [0.29, 0.717) is 29.2 Å². The monoisotopic (exact) mass is 443 g/mol. The second kappa shape index (κ2) is 12.6. The van der Waals surface area contributed by atoms with Crippen LogP contribution in [0.1, 0.15) is 11.1 Å². The van der Waals surface area contributed by atoms with E-state index in [2.05, 4.69) is 20.6 Å². The van der Waals surface area contributed by atoms with Gasteiger partial charge in [0.2, 0.25) is 0 Å². The van der Waals surface area contributed by atoms with E-state index in [-0.39, 0.29) is 13.2 Å². The van der Waals surface area contributed by atoms with Crippen LogP contribution in [-0.4, -0.2) is 58.5 Å². The van der Waals surface area contributed by atoms with Gasteiger partial charge in [0.25, 0.3) is 0 Å². The summed E-state index contributed by atoms with van der Waals surface area (Å²) in [6, 6.07) is 12.0. The molecule has 0 aliphatic rings. The Morgan fingerprint density at radius 3 is 2.31 bits per heavy atom. The predicted octanol–water partition coefficient (Wildman–Crippen LogP) is 1.06. The van der Waals surface area contributed by atoms with Crippen LogP contribution in [0.25, 0.3) is 0 Å². The summed E-state index contributed by atoms with van der Waals surface area (Å²) in [6.07, 6.45) is 1.88. The number of amides is 2. The molecule has 0 aliphatic heterocycles. The molecule has 0 spiro atoms. The van der Waals surface area contributed by atoms with E-state index in [0.717, 1.165) is 5.56 Å². The summed E-state index contributed by atoms with van der Waals surface area (Å²) >= 11 is 0. The molecule has 0 aliphatic carbocycles. The third-order valence-corrected chi connectivity index (χ3v) is 4.20. The quantitative estimate of drug-likeness (QED) is 0.244. The van der Waals surface area contributed by atoms with Crippen molar-refractivity contribution in [1.82, 2.24) is 10.7 Å². The molecule has 0 saturated carbocycles. The lowest BCUT2D eigenvalue weighted by molar-refractivity contribution is -0.142.